The summed E-state index contributed by atoms with van der Waals surface area (Å²) in [5.74, 6) is 0.954. The molecule has 0 aromatic rings. The molecule has 0 amide bonds. The molecule has 0 aromatic carbocycles. The Kier molecular flexibility index (Phi) is 4.98. The van der Waals surface area contributed by atoms with Gasteiger partial charge < -0.3 is 0 Å². The van der Waals surface area contributed by atoms with E-state index >= 15 is 0 Å². The highest BCUT2D eigenvalue weighted by Crippen LogP contribution is 2.30. The van der Waals surface area contributed by atoms with Crippen molar-refractivity contribution in [1.29, 1.82) is 0 Å². The molecule has 2 unspecified atom stereocenters. The van der Waals surface area contributed by atoms with E-state index in [2.05, 4.69) is 22.5 Å². The summed E-state index contributed by atoms with van der Waals surface area (Å²) in [5.41, 5.74) is 0. The molecule has 0 N–H and O–H groups in total. The highest BCUT2D eigenvalue weighted by molar-refractivity contribution is 9.09. The van der Waals surface area contributed by atoms with Crippen molar-refractivity contribution in [1.82, 2.24) is 0 Å². The zero-order valence-electron chi connectivity index (χ0n) is 7.77. The Balaban J connectivity index is 2.25. The summed E-state index contributed by atoms with van der Waals surface area (Å²) in [6.45, 7) is 3.78. The van der Waals surface area contributed by atoms with Crippen LogP contribution >= 0.6 is 15.9 Å². The second-order valence-electron chi connectivity index (χ2n) is 3.85. The zero-order valence-corrected chi connectivity index (χ0v) is 9.35. The van der Waals surface area contributed by atoms with Gasteiger partial charge in [0, 0.05) is 4.83 Å². The van der Waals surface area contributed by atoms with Gasteiger partial charge in [0.05, 0.1) is 0 Å². The summed E-state index contributed by atoms with van der Waals surface area (Å²) in [6, 6.07) is 0. The number of rotatable bonds is 3. The Labute approximate surface area is 84.6 Å². The number of alkyl halides is 1. The average Bonchev–Trinajstić information content (AvgIpc) is 2.26. The maximum absolute atomic E-state index is 3.78. The van der Waals surface area contributed by atoms with Crippen molar-refractivity contribution in [3.05, 3.63) is 12.7 Å². The first kappa shape index (κ1) is 10.3. The molecule has 0 heterocycles. The van der Waals surface area contributed by atoms with Crippen LogP contribution in [0.1, 0.15) is 44.9 Å². The Hall–Kier alpha value is 0.220. The van der Waals surface area contributed by atoms with Gasteiger partial charge in [-0.05, 0) is 31.6 Å². The quantitative estimate of drug-likeness (QED) is 0.386. The zero-order chi connectivity index (χ0) is 8.81. The molecule has 0 aromatic heterocycles. The van der Waals surface area contributed by atoms with Gasteiger partial charge in [-0.25, -0.2) is 0 Å². The predicted octanol–water partition coefficient (Wildman–Crippen LogP) is 4.30. The van der Waals surface area contributed by atoms with Crippen molar-refractivity contribution in [3.8, 4) is 0 Å². The average molecular weight is 231 g/mol. The van der Waals surface area contributed by atoms with Crippen LogP contribution in [0.5, 0.6) is 0 Å². The predicted molar refractivity (Wildman–Crippen MR) is 58.7 cm³/mol. The molecule has 1 aliphatic rings. The van der Waals surface area contributed by atoms with Crippen molar-refractivity contribution < 1.29 is 0 Å². The first-order valence-electron chi connectivity index (χ1n) is 5.08. The van der Waals surface area contributed by atoms with Crippen molar-refractivity contribution in [2.75, 3.05) is 0 Å². The number of allylic oxidation sites excluding steroid dienone is 1. The summed E-state index contributed by atoms with van der Waals surface area (Å²) >= 11 is 3.74. The number of hydrogen-bond donors (Lipinski definition) is 0. The minimum absolute atomic E-state index is 0.787. The lowest BCUT2D eigenvalue weighted by Gasteiger charge is -2.14. The van der Waals surface area contributed by atoms with E-state index in [0.717, 1.165) is 10.7 Å². The highest BCUT2D eigenvalue weighted by atomic mass is 79.9. The second kappa shape index (κ2) is 5.80. The molecule has 1 aliphatic carbocycles. The fourth-order valence-electron chi connectivity index (χ4n) is 2.01. The van der Waals surface area contributed by atoms with Crippen LogP contribution in [0, 0.1) is 5.92 Å². The molecule has 0 radical (unpaired) electrons. The van der Waals surface area contributed by atoms with Gasteiger partial charge in [-0.15, -0.1) is 6.58 Å². The van der Waals surface area contributed by atoms with E-state index in [1.807, 2.05) is 6.08 Å². The van der Waals surface area contributed by atoms with Gasteiger partial charge in [0.15, 0.2) is 0 Å². The van der Waals surface area contributed by atoms with Gasteiger partial charge in [-0.1, -0.05) is 41.3 Å². The highest BCUT2D eigenvalue weighted by Gasteiger charge is 2.16. The van der Waals surface area contributed by atoms with Crippen molar-refractivity contribution in [3.63, 3.8) is 0 Å². The number of halogens is 1. The van der Waals surface area contributed by atoms with Gasteiger partial charge in [0.2, 0.25) is 0 Å². The van der Waals surface area contributed by atoms with Gasteiger partial charge in [0.1, 0.15) is 0 Å². The monoisotopic (exact) mass is 230 g/mol. The first-order valence-corrected chi connectivity index (χ1v) is 5.99. The van der Waals surface area contributed by atoms with E-state index in [1.54, 1.807) is 0 Å². The minimum atomic E-state index is 0.787. The Bertz CT molecular complexity index is 131. The van der Waals surface area contributed by atoms with E-state index in [4.69, 9.17) is 0 Å². The van der Waals surface area contributed by atoms with Gasteiger partial charge >= 0.3 is 0 Å². The molecule has 70 valence electrons. The summed E-state index contributed by atoms with van der Waals surface area (Å²) in [6.07, 6.45) is 11.7. The Morgan fingerprint density at radius 3 is 2.83 bits per heavy atom. The standard InChI is InChI=1S/C11H19Br/c1-2-3-6-10-7-4-5-8-11(12)9-10/h2,10-11H,1,3-9H2. The maximum Gasteiger partial charge on any atom is 0.0148 e. The van der Waals surface area contributed by atoms with Crippen LogP contribution < -0.4 is 0 Å². The van der Waals surface area contributed by atoms with E-state index in [0.29, 0.717) is 0 Å². The van der Waals surface area contributed by atoms with Gasteiger partial charge in [-0.3, -0.25) is 0 Å². The molecule has 0 bridgehead atoms. The molecule has 0 aliphatic heterocycles. The van der Waals surface area contributed by atoms with E-state index in [1.165, 1.54) is 44.9 Å². The van der Waals surface area contributed by atoms with Crippen molar-refractivity contribution >= 4 is 15.9 Å². The van der Waals surface area contributed by atoms with Gasteiger partial charge in [-0.2, -0.15) is 0 Å². The Morgan fingerprint density at radius 2 is 2.08 bits per heavy atom. The summed E-state index contributed by atoms with van der Waals surface area (Å²) in [4.78, 5) is 0.787. The molecular formula is C11H19Br. The molecular weight excluding hydrogens is 212 g/mol. The molecule has 0 saturated heterocycles. The number of hydrogen-bond acceptors (Lipinski definition) is 0. The maximum atomic E-state index is 3.78. The summed E-state index contributed by atoms with van der Waals surface area (Å²) < 4.78 is 0. The van der Waals surface area contributed by atoms with Crippen LogP contribution in [0.2, 0.25) is 0 Å². The summed E-state index contributed by atoms with van der Waals surface area (Å²) in [5, 5.41) is 0. The van der Waals surface area contributed by atoms with E-state index in [9.17, 15) is 0 Å². The molecule has 12 heavy (non-hydrogen) atoms. The molecule has 1 saturated carbocycles. The lowest BCUT2D eigenvalue weighted by Crippen LogP contribution is -2.04. The largest absolute Gasteiger partial charge is 0.103 e. The van der Waals surface area contributed by atoms with Crippen LogP contribution in [-0.4, -0.2) is 4.83 Å². The minimum Gasteiger partial charge on any atom is -0.103 e. The van der Waals surface area contributed by atoms with E-state index in [-0.39, 0.29) is 0 Å². The van der Waals surface area contributed by atoms with Crippen molar-refractivity contribution in [2.24, 2.45) is 5.92 Å². The molecule has 0 spiro atoms. The second-order valence-corrected chi connectivity index (χ2v) is 5.14. The SMILES string of the molecule is C=CCCC1CCCCC(Br)C1. The fraction of sp³-hybridized carbons (Fsp3) is 0.818. The molecule has 0 nitrogen and oxygen atoms in total. The molecule has 1 rings (SSSR count). The Morgan fingerprint density at radius 1 is 1.33 bits per heavy atom. The molecule has 2 atom stereocenters. The normalized spacial score (nSPS) is 31.1. The lowest BCUT2D eigenvalue weighted by molar-refractivity contribution is 0.437. The first-order chi connectivity index (χ1) is 5.83. The van der Waals surface area contributed by atoms with Crippen LogP contribution in [-0.2, 0) is 0 Å². The third kappa shape index (κ3) is 3.75. The van der Waals surface area contributed by atoms with Crippen LogP contribution in [0.15, 0.2) is 12.7 Å². The topological polar surface area (TPSA) is 0 Å². The fourth-order valence-corrected chi connectivity index (χ4v) is 2.86. The van der Waals surface area contributed by atoms with E-state index < -0.39 is 0 Å². The third-order valence-electron chi connectivity index (χ3n) is 2.75. The van der Waals surface area contributed by atoms with Crippen molar-refractivity contribution in [2.45, 2.75) is 49.8 Å². The van der Waals surface area contributed by atoms with Crippen LogP contribution in [0.4, 0.5) is 0 Å². The van der Waals surface area contributed by atoms with Gasteiger partial charge in [0.25, 0.3) is 0 Å². The molecule has 1 fully saturated rings. The molecule has 1 heteroatoms. The van der Waals surface area contributed by atoms with Crippen LogP contribution in [0.3, 0.4) is 0 Å². The smallest absolute Gasteiger partial charge is 0.0148 e. The lowest BCUT2D eigenvalue weighted by atomic mass is 9.95. The van der Waals surface area contributed by atoms with Crippen LogP contribution in [0.25, 0.3) is 0 Å². The third-order valence-corrected chi connectivity index (χ3v) is 3.58. The summed E-state index contributed by atoms with van der Waals surface area (Å²) in [7, 11) is 0.